The summed E-state index contributed by atoms with van der Waals surface area (Å²) in [5.74, 6) is 3.06. The Balaban J connectivity index is 1.67. The number of carbonyl (C=O) groups excluding carboxylic acids is 1. The van der Waals surface area contributed by atoms with Crippen LogP contribution in [-0.2, 0) is 4.79 Å². The lowest BCUT2D eigenvalue weighted by atomic mass is 9.86. The third-order valence-electron chi connectivity index (χ3n) is 4.72. The number of carbonyl (C=O) groups is 1. The molecule has 0 saturated heterocycles. The minimum Gasteiger partial charge on any atom is -0.355 e. The number of hydrogen-bond donors (Lipinski definition) is 2. The summed E-state index contributed by atoms with van der Waals surface area (Å²) < 4.78 is 0. The molecule has 3 heteroatoms. The fourth-order valence-electron chi connectivity index (χ4n) is 3.40. The van der Waals surface area contributed by atoms with Gasteiger partial charge in [0.1, 0.15) is 0 Å². The summed E-state index contributed by atoms with van der Waals surface area (Å²) >= 11 is 0. The quantitative estimate of drug-likeness (QED) is 0.768. The van der Waals surface area contributed by atoms with E-state index in [0.717, 1.165) is 18.3 Å². The van der Waals surface area contributed by atoms with Gasteiger partial charge in [0.15, 0.2) is 0 Å². The summed E-state index contributed by atoms with van der Waals surface area (Å²) in [7, 11) is 0. The molecule has 0 heterocycles. The van der Waals surface area contributed by atoms with Crippen LogP contribution in [0, 0.1) is 23.7 Å². The number of rotatable bonds is 5. The van der Waals surface area contributed by atoms with Crippen LogP contribution >= 0.6 is 0 Å². The van der Waals surface area contributed by atoms with Gasteiger partial charge >= 0.3 is 0 Å². The van der Waals surface area contributed by atoms with Crippen molar-refractivity contribution in [1.29, 1.82) is 0 Å². The highest BCUT2D eigenvalue weighted by molar-refractivity contribution is 5.76. The van der Waals surface area contributed by atoms with Crippen molar-refractivity contribution in [3.63, 3.8) is 0 Å². The van der Waals surface area contributed by atoms with E-state index in [1.54, 1.807) is 0 Å². The summed E-state index contributed by atoms with van der Waals surface area (Å²) in [6, 6.07) is 0.0824. The molecule has 17 heavy (non-hydrogen) atoms. The van der Waals surface area contributed by atoms with Gasteiger partial charge in [0, 0.05) is 19.0 Å². The number of nitrogens with one attached hydrogen (secondary N) is 1. The van der Waals surface area contributed by atoms with Crippen LogP contribution in [0.5, 0.6) is 0 Å². The maximum absolute atomic E-state index is 11.8. The molecule has 2 saturated carbocycles. The largest absolute Gasteiger partial charge is 0.355 e. The minimum atomic E-state index is 0.0824. The molecule has 0 aromatic heterocycles. The highest BCUT2D eigenvalue weighted by atomic mass is 16.1. The van der Waals surface area contributed by atoms with E-state index in [1.807, 2.05) is 0 Å². The molecule has 2 fully saturated rings. The molecule has 0 aromatic carbocycles. The van der Waals surface area contributed by atoms with Crippen LogP contribution in [0.2, 0.25) is 0 Å². The van der Waals surface area contributed by atoms with Gasteiger partial charge in [-0.2, -0.15) is 0 Å². The number of hydrogen-bond acceptors (Lipinski definition) is 2. The maximum atomic E-state index is 11.8. The van der Waals surface area contributed by atoms with Crippen molar-refractivity contribution in [2.75, 3.05) is 6.54 Å². The van der Waals surface area contributed by atoms with E-state index < -0.39 is 0 Å². The molecule has 2 aliphatic carbocycles. The van der Waals surface area contributed by atoms with Crippen LogP contribution in [-0.4, -0.2) is 18.5 Å². The van der Waals surface area contributed by atoms with Gasteiger partial charge in [-0.05, 0) is 42.9 Å². The predicted molar refractivity (Wildman–Crippen MR) is 69.4 cm³/mol. The summed E-state index contributed by atoms with van der Waals surface area (Å²) in [6.07, 6.45) is 6.15. The monoisotopic (exact) mass is 238 g/mol. The average Bonchev–Trinajstić information content (AvgIpc) is 2.87. The first-order chi connectivity index (χ1) is 8.06. The average molecular weight is 238 g/mol. The molecule has 0 aliphatic heterocycles. The zero-order chi connectivity index (χ0) is 12.4. The molecule has 0 spiro atoms. The summed E-state index contributed by atoms with van der Waals surface area (Å²) in [6.45, 7) is 4.80. The van der Waals surface area contributed by atoms with Gasteiger partial charge in [0.25, 0.3) is 0 Å². The van der Waals surface area contributed by atoms with E-state index in [9.17, 15) is 4.79 Å². The second kappa shape index (κ2) is 5.38. The molecule has 1 amide bonds. The SMILES string of the molecule is CC(C)C(N)CNC(=O)CC1CC2CCC1C2. The summed E-state index contributed by atoms with van der Waals surface area (Å²) in [5.41, 5.74) is 5.92. The highest BCUT2D eigenvalue weighted by Gasteiger charge is 2.40. The normalized spacial score (nSPS) is 33.1. The first-order valence-corrected chi connectivity index (χ1v) is 7.08. The van der Waals surface area contributed by atoms with Crippen molar-refractivity contribution in [1.82, 2.24) is 5.32 Å². The molecular formula is C14H26N2O. The van der Waals surface area contributed by atoms with Gasteiger partial charge in [-0.25, -0.2) is 0 Å². The number of nitrogens with two attached hydrogens (primary N) is 1. The third kappa shape index (κ3) is 3.21. The van der Waals surface area contributed by atoms with E-state index in [1.165, 1.54) is 25.7 Å². The smallest absolute Gasteiger partial charge is 0.220 e. The van der Waals surface area contributed by atoms with Crippen molar-refractivity contribution in [3.05, 3.63) is 0 Å². The Morgan fingerprint density at radius 1 is 1.35 bits per heavy atom. The van der Waals surface area contributed by atoms with E-state index in [-0.39, 0.29) is 11.9 Å². The van der Waals surface area contributed by atoms with Crippen LogP contribution in [0.4, 0.5) is 0 Å². The Hall–Kier alpha value is -0.570. The van der Waals surface area contributed by atoms with Gasteiger partial charge < -0.3 is 11.1 Å². The topological polar surface area (TPSA) is 55.1 Å². The van der Waals surface area contributed by atoms with Crippen LogP contribution in [0.15, 0.2) is 0 Å². The number of amides is 1. The van der Waals surface area contributed by atoms with Crippen LogP contribution < -0.4 is 11.1 Å². The molecule has 4 atom stereocenters. The second-order valence-corrected chi connectivity index (χ2v) is 6.35. The molecule has 2 bridgehead atoms. The second-order valence-electron chi connectivity index (χ2n) is 6.35. The van der Waals surface area contributed by atoms with Crippen molar-refractivity contribution >= 4 is 5.91 Å². The van der Waals surface area contributed by atoms with Crippen molar-refractivity contribution in [3.8, 4) is 0 Å². The molecule has 0 radical (unpaired) electrons. The van der Waals surface area contributed by atoms with Crippen molar-refractivity contribution < 1.29 is 4.79 Å². The Labute approximate surface area is 105 Å². The fourth-order valence-corrected chi connectivity index (χ4v) is 3.40. The van der Waals surface area contributed by atoms with E-state index >= 15 is 0 Å². The molecule has 2 rings (SSSR count). The lowest BCUT2D eigenvalue weighted by Gasteiger charge is -2.22. The Bertz CT molecular complexity index is 277. The van der Waals surface area contributed by atoms with Crippen LogP contribution in [0.25, 0.3) is 0 Å². The Morgan fingerprint density at radius 2 is 2.12 bits per heavy atom. The molecule has 98 valence electrons. The number of fused-ring (bicyclic) bond motifs is 2. The maximum Gasteiger partial charge on any atom is 0.220 e. The first kappa shape index (κ1) is 12.9. The Kier molecular flexibility index (Phi) is 4.08. The first-order valence-electron chi connectivity index (χ1n) is 7.08. The van der Waals surface area contributed by atoms with Crippen molar-refractivity contribution in [2.45, 2.75) is 52.0 Å². The molecular weight excluding hydrogens is 212 g/mol. The molecule has 0 aromatic rings. The molecule has 4 unspecified atom stereocenters. The van der Waals surface area contributed by atoms with Crippen molar-refractivity contribution in [2.24, 2.45) is 29.4 Å². The predicted octanol–water partition coefficient (Wildman–Crippen LogP) is 1.91. The lowest BCUT2D eigenvalue weighted by molar-refractivity contribution is -0.122. The molecule has 3 N–H and O–H groups in total. The van der Waals surface area contributed by atoms with Gasteiger partial charge in [-0.3, -0.25) is 4.79 Å². The van der Waals surface area contributed by atoms with Gasteiger partial charge in [0.2, 0.25) is 5.91 Å². The van der Waals surface area contributed by atoms with Gasteiger partial charge in [-0.1, -0.05) is 20.3 Å². The minimum absolute atomic E-state index is 0.0824. The third-order valence-corrected chi connectivity index (χ3v) is 4.72. The van der Waals surface area contributed by atoms with E-state index in [0.29, 0.717) is 18.4 Å². The van der Waals surface area contributed by atoms with E-state index in [4.69, 9.17) is 5.73 Å². The zero-order valence-corrected chi connectivity index (χ0v) is 11.1. The highest BCUT2D eigenvalue weighted by Crippen LogP contribution is 2.49. The fraction of sp³-hybridized carbons (Fsp3) is 0.929. The summed E-state index contributed by atoms with van der Waals surface area (Å²) in [4.78, 5) is 11.8. The summed E-state index contributed by atoms with van der Waals surface area (Å²) in [5, 5.41) is 2.99. The Morgan fingerprint density at radius 3 is 2.65 bits per heavy atom. The van der Waals surface area contributed by atoms with Gasteiger partial charge in [-0.15, -0.1) is 0 Å². The van der Waals surface area contributed by atoms with Crippen LogP contribution in [0.1, 0.15) is 46.0 Å². The molecule has 3 nitrogen and oxygen atoms in total. The van der Waals surface area contributed by atoms with Crippen LogP contribution in [0.3, 0.4) is 0 Å². The standard InChI is InChI=1S/C14H26N2O/c1-9(2)13(15)8-16-14(17)7-12-6-10-3-4-11(12)5-10/h9-13H,3-8,15H2,1-2H3,(H,16,17). The lowest BCUT2D eigenvalue weighted by Crippen LogP contribution is -2.41. The van der Waals surface area contributed by atoms with E-state index in [2.05, 4.69) is 19.2 Å². The zero-order valence-electron chi connectivity index (χ0n) is 11.1. The van der Waals surface area contributed by atoms with Gasteiger partial charge in [0.05, 0.1) is 0 Å². The molecule has 2 aliphatic rings.